The number of amides is 4. The summed E-state index contributed by atoms with van der Waals surface area (Å²) in [5.74, 6) is -1.92. The van der Waals surface area contributed by atoms with Crippen LogP contribution in [0.1, 0.15) is 52.8 Å². The molecule has 1 radical (unpaired) electrons. The molecule has 2 heterocycles. The van der Waals surface area contributed by atoms with Gasteiger partial charge in [0.2, 0.25) is 0 Å². The fraction of sp³-hybridized carbons (Fsp3) is 0.524. The van der Waals surface area contributed by atoms with Crippen molar-refractivity contribution >= 4 is 49.5 Å². The summed E-state index contributed by atoms with van der Waals surface area (Å²) in [6.07, 6.45) is 3.63. The predicted molar refractivity (Wildman–Crippen MR) is 116 cm³/mol. The average molecular weight is 523 g/mol. The van der Waals surface area contributed by atoms with Crippen LogP contribution >= 0.6 is 0 Å². The topological polar surface area (TPSA) is 122 Å². The second kappa shape index (κ2) is 10.4. The molecule has 1 atom stereocenters. The van der Waals surface area contributed by atoms with Gasteiger partial charge < -0.3 is 0 Å². The van der Waals surface area contributed by atoms with Crippen LogP contribution in [-0.4, -0.2) is 67.9 Å². The zero-order valence-corrected chi connectivity index (χ0v) is 19.8. The van der Waals surface area contributed by atoms with Crippen molar-refractivity contribution in [2.24, 2.45) is 5.73 Å². The summed E-state index contributed by atoms with van der Waals surface area (Å²) < 4.78 is 2.60. The zero-order valence-electron chi connectivity index (χ0n) is 17.3. The van der Waals surface area contributed by atoms with E-state index >= 15 is 0 Å². The molecular formula is C21H29N4O4Sb+. The Morgan fingerprint density at radius 3 is 2.63 bits per heavy atom. The maximum absolute atomic E-state index is 13.0. The number of fused-ring (bicyclic) bond motifs is 1. The van der Waals surface area contributed by atoms with E-state index in [-0.39, 0.29) is 18.7 Å². The van der Waals surface area contributed by atoms with Gasteiger partial charge in [0.25, 0.3) is 0 Å². The first-order valence-corrected chi connectivity index (χ1v) is 16.6. The third-order valence-corrected chi connectivity index (χ3v) is 11.7. The van der Waals surface area contributed by atoms with Gasteiger partial charge in [0.1, 0.15) is 0 Å². The van der Waals surface area contributed by atoms with Gasteiger partial charge in [0.15, 0.2) is 0 Å². The molecule has 161 valence electrons. The van der Waals surface area contributed by atoms with E-state index in [0.717, 1.165) is 30.8 Å². The molecular weight excluding hydrogens is 494 g/mol. The summed E-state index contributed by atoms with van der Waals surface area (Å²) in [6, 6.07) is 4.21. The van der Waals surface area contributed by atoms with Crippen LogP contribution < -0.4 is 16.4 Å². The Bertz CT molecular complexity index is 844. The van der Waals surface area contributed by atoms with Crippen LogP contribution in [0.25, 0.3) is 0 Å². The van der Waals surface area contributed by atoms with Crippen LogP contribution in [-0.2, 0) is 9.59 Å². The molecule has 9 heteroatoms. The van der Waals surface area contributed by atoms with Crippen molar-refractivity contribution in [3.8, 4) is 0 Å². The monoisotopic (exact) mass is 522 g/mol. The quantitative estimate of drug-likeness (QED) is 0.244. The molecule has 1 aromatic rings. The molecule has 0 bridgehead atoms. The fourth-order valence-electron chi connectivity index (χ4n) is 3.87. The first-order valence-electron chi connectivity index (χ1n) is 10.4. The molecule has 4 N–H and O–H groups in total. The average Bonchev–Trinajstić information content (AvgIpc) is 2.97. The number of unbranched alkanes of at least 4 members (excludes halogenated alkanes) is 1. The minimum atomic E-state index is -1.17. The Hall–Kier alpha value is -1.92. The molecule has 1 fully saturated rings. The Kier molecular flexibility index (Phi) is 7.89. The van der Waals surface area contributed by atoms with Gasteiger partial charge in [-0.05, 0) is 0 Å². The van der Waals surface area contributed by atoms with Crippen molar-refractivity contribution in [1.82, 2.24) is 10.2 Å². The molecule has 3 rings (SSSR count). The summed E-state index contributed by atoms with van der Waals surface area (Å²) >= 11 is -1.17. The third kappa shape index (κ3) is 5.03. The Morgan fingerprint density at radius 2 is 1.90 bits per heavy atom. The first-order chi connectivity index (χ1) is 14.4. The number of nitrogens with two attached hydrogens (primary N) is 1. The SMILES string of the molecule is [CH3][Sb+]([CH2]CCCN)[CH2]CCNc1cccc2c1C(=O)N(C1CCC(=O)NC1=O)C2=O. The van der Waals surface area contributed by atoms with E-state index in [1.165, 1.54) is 15.2 Å². The Morgan fingerprint density at radius 1 is 1.13 bits per heavy atom. The number of carbonyl (C=O) groups is 4. The van der Waals surface area contributed by atoms with Crippen molar-refractivity contribution in [3.63, 3.8) is 0 Å². The molecule has 0 aromatic heterocycles. The zero-order chi connectivity index (χ0) is 21.7. The molecule has 8 nitrogen and oxygen atoms in total. The molecule has 4 amide bonds. The number of carbonyl (C=O) groups excluding carboxylic acids is 4. The van der Waals surface area contributed by atoms with E-state index in [1.54, 1.807) is 18.2 Å². The number of rotatable bonds is 10. The summed E-state index contributed by atoms with van der Waals surface area (Å²) in [5.41, 5.74) is 6.82. The Balaban J connectivity index is 1.62. The number of nitrogens with zero attached hydrogens (tertiary/aromatic N) is 1. The molecule has 0 aliphatic carbocycles. The van der Waals surface area contributed by atoms with E-state index in [1.807, 2.05) is 0 Å². The molecule has 1 unspecified atom stereocenters. The number of piperidine rings is 1. The van der Waals surface area contributed by atoms with Crippen LogP contribution in [0.4, 0.5) is 5.69 Å². The number of imide groups is 2. The maximum atomic E-state index is 13.0. The first kappa shape index (κ1) is 22.8. The Labute approximate surface area is 183 Å². The van der Waals surface area contributed by atoms with Crippen molar-refractivity contribution in [2.45, 2.75) is 51.8 Å². The molecule has 1 aromatic carbocycles. The summed E-state index contributed by atoms with van der Waals surface area (Å²) in [6.45, 7) is 1.50. The van der Waals surface area contributed by atoms with Crippen LogP contribution in [0.3, 0.4) is 0 Å². The number of hydrogen-bond donors (Lipinski definition) is 3. The number of hydrogen-bond acceptors (Lipinski definition) is 6. The molecule has 0 spiro atoms. The van der Waals surface area contributed by atoms with Gasteiger partial charge >= 0.3 is 179 Å². The third-order valence-electron chi connectivity index (χ3n) is 5.49. The van der Waals surface area contributed by atoms with Crippen molar-refractivity contribution < 1.29 is 19.2 Å². The van der Waals surface area contributed by atoms with Gasteiger partial charge in [-0.25, -0.2) is 0 Å². The van der Waals surface area contributed by atoms with Gasteiger partial charge in [-0.2, -0.15) is 0 Å². The second-order valence-corrected chi connectivity index (χ2v) is 15.2. The standard InChI is InChI=1S/C16H16N3O4.C4H10N.CH3.Sb/c1-2-8-17-10-5-3-4-9-13(10)16(23)19(15(9)22)11-6-7-12(20)18-14(11)21;1-2-3-4-5;;/h3-5,11,17H,1-2,6-8H2,(H,18,20,21);1-5H2;1H3;/q;;;+1. The van der Waals surface area contributed by atoms with Crippen molar-refractivity contribution in [1.29, 1.82) is 0 Å². The number of benzene rings is 1. The summed E-state index contributed by atoms with van der Waals surface area (Å²) in [4.78, 5) is 52.9. The van der Waals surface area contributed by atoms with E-state index in [9.17, 15) is 19.2 Å². The van der Waals surface area contributed by atoms with Gasteiger partial charge in [-0.15, -0.1) is 0 Å². The van der Waals surface area contributed by atoms with Gasteiger partial charge in [-0.1, -0.05) is 0 Å². The molecule has 30 heavy (non-hydrogen) atoms. The van der Waals surface area contributed by atoms with Gasteiger partial charge in [0, 0.05) is 0 Å². The van der Waals surface area contributed by atoms with E-state index in [0.29, 0.717) is 16.8 Å². The van der Waals surface area contributed by atoms with Crippen molar-refractivity contribution in [2.75, 3.05) is 18.4 Å². The summed E-state index contributed by atoms with van der Waals surface area (Å²) in [7, 11) is 0. The molecule has 1 saturated heterocycles. The van der Waals surface area contributed by atoms with Gasteiger partial charge in [-0.3, -0.25) is 4.79 Å². The predicted octanol–water partition coefficient (Wildman–Crippen LogP) is 1.75. The van der Waals surface area contributed by atoms with Crippen molar-refractivity contribution in [3.05, 3.63) is 29.3 Å². The van der Waals surface area contributed by atoms with E-state index in [4.69, 9.17) is 5.73 Å². The fourth-order valence-corrected chi connectivity index (χ4v) is 8.68. The normalized spacial score (nSPS) is 18.8. The van der Waals surface area contributed by atoms with Crippen LogP contribution in [0.15, 0.2) is 18.2 Å². The minimum absolute atomic E-state index is 0.115. The second-order valence-electron chi connectivity index (χ2n) is 7.75. The van der Waals surface area contributed by atoms with Crippen LogP contribution in [0.2, 0.25) is 13.6 Å². The number of anilines is 1. The van der Waals surface area contributed by atoms with Crippen LogP contribution in [0.5, 0.6) is 0 Å². The van der Waals surface area contributed by atoms with Crippen LogP contribution in [0, 0.1) is 0 Å². The van der Waals surface area contributed by atoms with Gasteiger partial charge in [0.05, 0.1) is 0 Å². The van der Waals surface area contributed by atoms with E-state index < -0.39 is 44.0 Å². The molecule has 2 aliphatic rings. The number of nitrogens with one attached hydrogen (secondary N) is 2. The molecule has 2 aliphatic heterocycles. The van der Waals surface area contributed by atoms with E-state index in [2.05, 4.69) is 15.5 Å². The molecule has 0 saturated carbocycles. The summed E-state index contributed by atoms with van der Waals surface area (Å²) in [5, 5.41) is 5.53.